The van der Waals surface area contributed by atoms with E-state index in [4.69, 9.17) is 10.5 Å². The highest BCUT2D eigenvalue weighted by atomic mass is 32.2. The third-order valence-electron chi connectivity index (χ3n) is 4.26. The smallest absolute Gasteiger partial charge is 0.352 e. The van der Waals surface area contributed by atoms with E-state index in [0.29, 0.717) is 5.57 Å². The van der Waals surface area contributed by atoms with Crippen LogP contribution < -0.4 is 11.1 Å². The van der Waals surface area contributed by atoms with Crippen LogP contribution in [-0.4, -0.2) is 62.7 Å². The number of methoxy groups -OCH3 is 1. The standard InChI is InChI=1S/C16H17N3O6S3/c1-25-16(18-10(20)5-9-3-2-4-26-9)13(23)19-11(12(21)22)8(6-27-14(16)19)7-28-15(17)24/h2-4,14H,5-7H2,1H3,(H2,17,24)(H,18,20)(H,21,22)/t14-,16?/m1/s1. The SMILES string of the molecule is COC1(NC(=O)Cc2cccs2)C(=O)N2C(C(=O)O)=C(CSC(N)=O)CS[C@@H]21. The number of hydrogen-bond donors (Lipinski definition) is 3. The van der Waals surface area contributed by atoms with Crippen molar-refractivity contribution in [2.24, 2.45) is 5.73 Å². The number of thiophene rings is 1. The fourth-order valence-electron chi connectivity index (χ4n) is 3.04. The maximum absolute atomic E-state index is 12.9. The first-order valence-electron chi connectivity index (χ1n) is 8.01. The number of hydrogen-bond acceptors (Lipinski definition) is 8. The summed E-state index contributed by atoms with van der Waals surface area (Å²) in [7, 11) is 1.30. The summed E-state index contributed by atoms with van der Waals surface area (Å²) >= 11 is 3.45. The lowest BCUT2D eigenvalue weighted by molar-refractivity contribution is -0.192. The van der Waals surface area contributed by atoms with Gasteiger partial charge in [0.1, 0.15) is 11.1 Å². The number of amides is 3. The van der Waals surface area contributed by atoms with Gasteiger partial charge in [-0.05, 0) is 17.0 Å². The summed E-state index contributed by atoms with van der Waals surface area (Å²) in [4.78, 5) is 50.0. The van der Waals surface area contributed by atoms with Gasteiger partial charge < -0.3 is 20.9 Å². The second kappa shape index (κ2) is 8.15. The summed E-state index contributed by atoms with van der Waals surface area (Å²) in [6.45, 7) is 0. The molecule has 0 aliphatic carbocycles. The number of carbonyl (C=O) groups is 4. The van der Waals surface area contributed by atoms with Crippen LogP contribution in [0.1, 0.15) is 4.88 Å². The number of nitrogens with one attached hydrogen (secondary N) is 1. The quantitative estimate of drug-likeness (QED) is 0.416. The van der Waals surface area contributed by atoms with Crippen molar-refractivity contribution in [3.63, 3.8) is 0 Å². The van der Waals surface area contributed by atoms with Crippen molar-refractivity contribution in [1.82, 2.24) is 10.2 Å². The Kier molecular flexibility index (Phi) is 6.03. The number of rotatable bonds is 7. The molecule has 0 aromatic carbocycles. The zero-order valence-electron chi connectivity index (χ0n) is 14.7. The number of thioether (sulfide) groups is 2. The highest BCUT2D eigenvalue weighted by Crippen LogP contribution is 2.47. The predicted molar refractivity (Wildman–Crippen MR) is 106 cm³/mol. The van der Waals surface area contributed by atoms with Crippen LogP contribution in [0.3, 0.4) is 0 Å². The monoisotopic (exact) mass is 443 g/mol. The van der Waals surface area contributed by atoms with Gasteiger partial charge in [-0.25, -0.2) is 4.79 Å². The number of nitrogens with two attached hydrogens (primary N) is 1. The fraction of sp³-hybridized carbons (Fsp3) is 0.375. The molecule has 150 valence electrons. The number of carboxylic acids is 1. The number of carbonyl (C=O) groups excluding carboxylic acids is 3. The summed E-state index contributed by atoms with van der Waals surface area (Å²) in [5.74, 6) is -2.00. The Morgan fingerprint density at radius 1 is 1.50 bits per heavy atom. The van der Waals surface area contributed by atoms with E-state index in [1.807, 2.05) is 17.5 Å². The number of primary amides is 1. The Labute approximate surface area is 172 Å². The van der Waals surface area contributed by atoms with Crippen molar-refractivity contribution >= 4 is 57.9 Å². The molecule has 1 saturated heterocycles. The lowest BCUT2D eigenvalue weighted by Gasteiger charge is -2.55. The molecule has 0 radical (unpaired) electrons. The first-order valence-corrected chi connectivity index (χ1v) is 10.9. The van der Waals surface area contributed by atoms with Crippen LogP contribution >= 0.6 is 34.9 Å². The van der Waals surface area contributed by atoms with E-state index in [0.717, 1.165) is 21.5 Å². The van der Waals surface area contributed by atoms with Gasteiger partial charge in [0.05, 0.1) is 6.42 Å². The zero-order valence-corrected chi connectivity index (χ0v) is 17.1. The third-order valence-corrected chi connectivity index (χ3v) is 7.29. The van der Waals surface area contributed by atoms with E-state index in [2.05, 4.69) is 5.32 Å². The summed E-state index contributed by atoms with van der Waals surface area (Å²) in [5.41, 5.74) is 3.71. The van der Waals surface area contributed by atoms with Gasteiger partial charge >= 0.3 is 5.97 Å². The molecule has 2 aliphatic heterocycles. The Bertz CT molecular complexity index is 856. The lowest BCUT2D eigenvalue weighted by Crippen LogP contribution is -2.80. The molecule has 12 heteroatoms. The molecule has 9 nitrogen and oxygen atoms in total. The van der Waals surface area contributed by atoms with Gasteiger partial charge in [0.15, 0.2) is 0 Å². The van der Waals surface area contributed by atoms with Gasteiger partial charge in [-0.2, -0.15) is 0 Å². The van der Waals surface area contributed by atoms with Gasteiger partial charge in [-0.3, -0.25) is 19.3 Å². The Morgan fingerprint density at radius 2 is 2.25 bits per heavy atom. The largest absolute Gasteiger partial charge is 0.477 e. The summed E-state index contributed by atoms with van der Waals surface area (Å²) in [5, 5.41) is 12.7. The highest BCUT2D eigenvalue weighted by Gasteiger charge is 2.66. The second-order valence-electron chi connectivity index (χ2n) is 5.95. The Hall–Kier alpha value is -2.02. The van der Waals surface area contributed by atoms with Crippen LogP contribution in [-0.2, 0) is 25.5 Å². The molecule has 3 amide bonds. The molecule has 1 unspecified atom stereocenters. The maximum atomic E-state index is 12.9. The van der Waals surface area contributed by atoms with Gasteiger partial charge in [0.2, 0.25) is 5.91 Å². The number of β-lactam (4-membered cyclic amide) rings is 1. The summed E-state index contributed by atoms with van der Waals surface area (Å²) in [6.07, 6.45) is 0.0928. The molecule has 2 aliphatic rings. The molecule has 0 bridgehead atoms. The van der Waals surface area contributed by atoms with Crippen LogP contribution in [0.15, 0.2) is 28.8 Å². The van der Waals surface area contributed by atoms with E-state index < -0.39 is 34.1 Å². The van der Waals surface area contributed by atoms with Crippen LogP contribution in [0.2, 0.25) is 0 Å². The topological polar surface area (TPSA) is 139 Å². The Balaban J connectivity index is 1.81. The minimum absolute atomic E-state index is 0.0746. The van der Waals surface area contributed by atoms with E-state index in [9.17, 15) is 24.3 Å². The van der Waals surface area contributed by atoms with Crippen molar-refractivity contribution in [3.8, 4) is 0 Å². The van der Waals surface area contributed by atoms with Crippen molar-refractivity contribution in [2.45, 2.75) is 17.5 Å². The van der Waals surface area contributed by atoms with Crippen molar-refractivity contribution in [2.75, 3.05) is 18.6 Å². The van der Waals surface area contributed by atoms with Crippen LogP contribution in [0.5, 0.6) is 0 Å². The van der Waals surface area contributed by atoms with Crippen molar-refractivity contribution in [1.29, 1.82) is 0 Å². The molecular weight excluding hydrogens is 426 g/mol. The molecular formula is C16H17N3O6S3. The van der Waals surface area contributed by atoms with Gasteiger partial charge in [0, 0.05) is 23.5 Å². The number of carboxylic acid groups (broad SMARTS) is 1. The number of fused-ring (bicyclic) bond motifs is 1. The molecule has 0 saturated carbocycles. The highest BCUT2D eigenvalue weighted by molar-refractivity contribution is 8.13. The average molecular weight is 444 g/mol. The van der Waals surface area contributed by atoms with E-state index in [-0.39, 0.29) is 23.6 Å². The van der Waals surface area contributed by atoms with Gasteiger partial charge in [-0.1, -0.05) is 17.8 Å². The molecule has 1 aromatic heterocycles. The molecule has 3 heterocycles. The lowest BCUT2D eigenvalue weighted by atomic mass is 9.98. The molecule has 28 heavy (non-hydrogen) atoms. The first kappa shape index (κ1) is 20.7. The molecule has 3 rings (SSSR count). The van der Waals surface area contributed by atoms with Crippen LogP contribution in [0.25, 0.3) is 0 Å². The molecule has 0 spiro atoms. The number of nitrogens with zero attached hydrogens (tertiary/aromatic N) is 1. The van der Waals surface area contributed by atoms with Crippen molar-refractivity contribution in [3.05, 3.63) is 33.7 Å². The summed E-state index contributed by atoms with van der Waals surface area (Å²) < 4.78 is 5.37. The van der Waals surface area contributed by atoms with Crippen molar-refractivity contribution < 1.29 is 29.0 Å². The number of aliphatic carboxylic acids is 1. The normalized spacial score (nSPS) is 23.8. The van der Waals surface area contributed by atoms with Crippen LogP contribution in [0, 0.1) is 0 Å². The van der Waals surface area contributed by atoms with Crippen LogP contribution in [0.4, 0.5) is 4.79 Å². The first-order chi connectivity index (χ1) is 13.3. The molecule has 4 N–H and O–H groups in total. The predicted octanol–water partition coefficient (Wildman–Crippen LogP) is 0.815. The minimum Gasteiger partial charge on any atom is -0.477 e. The third kappa shape index (κ3) is 3.64. The average Bonchev–Trinajstić information content (AvgIpc) is 3.15. The Morgan fingerprint density at radius 3 is 2.82 bits per heavy atom. The maximum Gasteiger partial charge on any atom is 0.352 e. The zero-order chi connectivity index (χ0) is 20.5. The fourth-order valence-corrected chi connectivity index (χ4v) is 5.86. The minimum atomic E-state index is -1.62. The molecule has 1 aromatic rings. The number of ether oxygens (including phenoxy) is 1. The molecule has 2 atom stereocenters. The van der Waals surface area contributed by atoms with E-state index >= 15 is 0 Å². The van der Waals surface area contributed by atoms with Gasteiger partial charge in [0.25, 0.3) is 16.9 Å². The molecule has 1 fully saturated rings. The van der Waals surface area contributed by atoms with Gasteiger partial charge in [-0.15, -0.1) is 23.1 Å². The summed E-state index contributed by atoms with van der Waals surface area (Å²) in [6, 6.07) is 3.63. The van der Waals surface area contributed by atoms with E-state index in [1.54, 1.807) is 0 Å². The van der Waals surface area contributed by atoms with E-state index in [1.165, 1.54) is 30.2 Å². The second-order valence-corrected chi connectivity index (χ2v) is 9.03.